The van der Waals surface area contributed by atoms with Crippen LogP contribution in [0.1, 0.15) is 25.0 Å². The van der Waals surface area contributed by atoms with Gasteiger partial charge in [0.25, 0.3) is 0 Å². The minimum atomic E-state index is -0.907. The molecule has 1 unspecified atom stereocenters. The molecule has 0 amide bonds. The summed E-state index contributed by atoms with van der Waals surface area (Å²) in [5.41, 5.74) is 5.40. The van der Waals surface area contributed by atoms with Gasteiger partial charge < -0.3 is 9.47 Å². The Hall–Kier alpha value is -3.35. The molecule has 0 fully saturated rings. The van der Waals surface area contributed by atoms with E-state index in [1.165, 1.54) is 0 Å². The van der Waals surface area contributed by atoms with Crippen LogP contribution in [0, 0.1) is 5.92 Å². The maximum absolute atomic E-state index is 12.6. The molecule has 3 rings (SSSR count). The first-order valence-electron chi connectivity index (χ1n) is 10.7. The monoisotopic (exact) mass is 498 g/mol. The third-order valence-electron chi connectivity index (χ3n) is 4.91. The van der Waals surface area contributed by atoms with Gasteiger partial charge in [-0.05, 0) is 67.4 Å². The molecule has 0 radical (unpaired) electrons. The molecule has 0 spiro atoms. The highest BCUT2D eigenvalue weighted by molar-refractivity contribution is 6.40. The minimum Gasteiger partial charge on any atom is -0.489 e. The van der Waals surface area contributed by atoms with Crippen molar-refractivity contribution in [2.24, 2.45) is 11.0 Å². The van der Waals surface area contributed by atoms with E-state index in [1.807, 2.05) is 30.3 Å². The van der Waals surface area contributed by atoms with Crippen LogP contribution in [0.2, 0.25) is 10.0 Å². The van der Waals surface area contributed by atoms with Gasteiger partial charge in [-0.3, -0.25) is 10.2 Å². The molecule has 0 saturated heterocycles. The van der Waals surface area contributed by atoms with Crippen LogP contribution in [-0.4, -0.2) is 24.1 Å². The quantitative estimate of drug-likeness (QED) is 0.157. The SMILES string of the molecule is CCOC(=O)C(=O)C(C)C(=NNc1ccc(Cl)cc1Cl)c1ccc(OCc2ccccc2)cc1. The molecule has 0 aliphatic carbocycles. The summed E-state index contributed by atoms with van der Waals surface area (Å²) in [5.74, 6) is -1.82. The summed E-state index contributed by atoms with van der Waals surface area (Å²) in [4.78, 5) is 24.7. The predicted molar refractivity (Wildman–Crippen MR) is 135 cm³/mol. The highest BCUT2D eigenvalue weighted by atomic mass is 35.5. The Labute approximate surface area is 208 Å². The number of carbonyl (C=O) groups excluding carboxylic acids is 2. The van der Waals surface area contributed by atoms with Crippen molar-refractivity contribution in [3.05, 3.63) is 94.0 Å². The topological polar surface area (TPSA) is 77.0 Å². The zero-order valence-electron chi connectivity index (χ0n) is 18.8. The van der Waals surface area contributed by atoms with E-state index >= 15 is 0 Å². The molecular formula is C26H24Cl2N2O4. The number of hydrazone groups is 1. The Kier molecular flexibility index (Phi) is 9.08. The summed E-state index contributed by atoms with van der Waals surface area (Å²) in [6, 6.07) is 21.8. The number of ketones is 1. The number of nitrogens with one attached hydrogen (secondary N) is 1. The Morgan fingerprint density at radius 1 is 1.00 bits per heavy atom. The smallest absolute Gasteiger partial charge is 0.375 e. The van der Waals surface area contributed by atoms with E-state index in [9.17, 15) is 9.59 Å². The average molecular weight is 499 g/mol. The summed E-state index contributed by atoms with van der Waals surface area (Å²) in [6.45, 7) is 3.78. The lowest BCUT2D eigenvalue weighted by atomic mass is 9.94. The summed E-state index contributed by atoms with van der Waals surface area (Å²) in [5, 5.41) is 5.26. The number of nitrogens with zero attached hydrogens (tertiary/aromatic N) is 1. The molecule has 3 aromatic rings. The Morgan fingerprint density at radius 2 is 1.71 bits per heavy atom. The number of hydrogen-bond acceptors (Lipinski definition) is 6. The van der Waals surface area contributed by atoms with Crippen molar-refractivity contribution >= 4 is 46.4 Å². The number of esters is 1. The van der Waals surface area contributed by atoms with Crippen LogP contribution >= 0.6 is 23.2 Å². The van der Waals surface area contributed by atoms with E-state index in [2.05, 4.69) is 10.5 Å². The fourth-order valence-electron chi connectivity index (χ4n) is 3.08. The number of hydrogen-bond donors (Lipinski definition) is 1. The van der Waals surface area contributed by atoms with Gasteiger partial charge in [-0.2, -0.15) is 5.10 Å². The van der Waals surface area contributed by atoms with Gasteiger partial charge in [0.2, 0.25) is 5.78 Å². The normalized spacial score (nSPS) is 12.1. The van der Waals surface area contributed by atoms with Gasteiger partial charge >= 0.3 is 5.97 Å². The molecule has 6 nitrogen and oxygen atoms in total. The van der Waals surface area contributed by atoms with Gasteiger partial charge in [-0.15, -0.1) is 0 Å². The fraction of sp³-hybridized carbons (Fsp3) is 0.192. The van der Waals surface area contributed by atoms with Gasteiger partial charge in [0.1, 0.15) is 12.4 Å². The standard InChI is InChI=1S/C26H24Cl2N2O4/c1-3-33-26(32)25(31)17(2)24(30-29-23-14-11-20(27)15-22(23)28)19-9-12-21(13-10-19)34-16-18-7-5-4-6-8-18/h4-15,17,29H,3,16H2,1-2H3. The number of ether oxygens (including phenoxy) is 2. The number of anilines is 1. The van der Waals surface area contributed by atoms with E-state index in [0.29, 0.717) is 39.4 Å². The lowest BCUT2D eigenvalue weighted by Crippen LogP contribution is -2.30. The van der Waals surface area contributed by atoms with Crippen molar-refractivity contribution in [2.75, 3.05) is 12.0 Å². The van der Waals surface area contributed by atoms with E-state index in [0.717, 1.165) is 5.56 Å². The van der Waals surface area contributed by atoms with Crippen LogP contribution < -0.4 is 10.2 Å². The summed E-state index contributed by atoms with van der Waals surface area (Å²) in [6.07, 6.45) is 0. The maximum atomic E-state index is 12.6. The molecular weight excluding hydrogens is 475 g/mol. The number of carbonyl (C=O) groups is 2. The number of halogens is 2. The summed E-state index contributed by atoms with van der Waals surface area (Å²) in [7, 11) is 0. The number of rotatable bonds is 10. The number of benzene rings is 3. The molecule has 1 atom stereocenters. The van der Waals surface area contributed by atoms with Crippen molar-refractivity contribution in [2.45, 2.75) is 20.5 Å². The van der Waals surface area contributed by atoms with Crippen LogP contribution in [0.15, 0.2) is 77.9 Å². The highest BCUT2D eigenvalue weighted by Gasteiger charge is 2.28. The van der Waals surface area contributed by atoms with E-state index in [-0.39, 0.29) is 6.61 Å². The average Bonchev–Trinajstić information content (AvgIpc) is 2.85. The molecule has 0 aliphatic heterocycles. The minimum absolute atomic E-state index is 0.107. The zero-order valence-corrected chi connectivity index (χ0v) is 20.3. The zero-order chi connectivity index (χ0) is 24.5. The molecule has 3 aromatic carbocycles. The number of Topliss-reactive ketones (excluding diaryl/α,β-unsaturated/α-hetero) is 1. The third kappa shape index (κ3) is 6.83. The van der Waals surface area contributed by atoms with Gasteiger partial charge in [0.05, 0.1) is 28.9 Å². The van der Waals surface area contributed by atoms with Crippen molar-refractivity contribution in [3.8, 4) is 5.75 Å². The van der Waals surface area contributed by atoms with Crippen LogP contribution in [0.25, 0.3) is 0 Å². The van der Waals surface area contributed by atoms with E-state index in [4.69, 9.17) is 32.7 Å². The summed E-state index contributed by atoms with van der Waals surface area (Å²) >= 11 is 12.2. The van der Waals surface area contributed by atoms with Crippen LogP contribution in [-0.2, 0) is 20.9 Å². The van der Waals surface area contributed by atoms with Crippen molar-refractivity contribution in [1.29, 1.82) is 0 Å². The Bertz CT molecular complexity index is 1170. The maximum Gasteiger partial charge on any atom is 0.375 e. The molecule has 8 heteroatoms. The lowest BCUT2D eigenvalue weighted by molar-refractivity contribution is -0.154. The molecule has 0 saturated carbocycles. The highest BCUT2D eigenvalue weighted by Crippen LogP contribution is 2.26. The molecule has 0 heterocycles. The van der Waals surface area contributed by atoms with Gasteiger partial charge in [0.15, 0.2) is 0 Å². The Morgan fingerprint density at radius 3 is 2.35 bits per heavy atom. The van der Waals surface area contributed by atoms with Crippen LogP contribution in [0.4, 0.5) is 5.69 Å². The van der Waals surface area contributed by atoms with Crippen LogP contribution in [0.5, 0.6) is 5.75 Å². The largest absolute Gasteiger partial charge is 0.489 e. The van der Waals surface area contributed by atoms with Crippen LogP contribution in [0.3, 0.4) is 0 Å². The van der Waals surface area contributed by atoms with Gasteiger partial charge in [0, 0.05) is 5.02 Å². The molecule has 0 aromatic heterocycles. The second-order valence-corrected chi connectivity index (χ2v) is 8.18. The molecule has 0 bridgehead atoms. The second-order valence-electron chi connectivity index (χ2n) is 7.34. The second kappa shape index (κ2) is 12.2. The molecule has 1 N–H and O–H groups in total. The lowest BCUT2D eigenvalue weighted by Gasteiger charge is -2.15. The molecule has 176 valence electrons. The summed E-state index contributed by atoms with van der Waals surface area (Å²) < 4.78 is 10.7. The van der Waals surface area contributed by atoms with E-state index < -0.39 is 17.7 Å². The first-order chi connectivity index (χ1) is 16.4. The van der Waals surface area contributed by atoms with Gasteiger partial charge in [-0.25, -0.2) is 4.79 Å². The first kappa shape index (κ1) is 25.3. The molecule has 0 aliphatic rings. The van der Waals surface area contributed by atoms with Crippen molar-refractivity contribution in [1.82, 2.24) is 0 Å². The Balaban J connectivity index is 1.84. The predicted octanol–water partition coefficient (Wildman–Crippen LogP) is 6.16. The fourth-order valence-corrected chi connectivity index (χ4v) is 3.53. The van der Waals surface area contributed by atoms with E-state index in [1.54, 1.807) is 56.3 Å². The van der Waals surface area contributed by atoms with Crippen molar-refractivity contribution in [3.63, 3.8) is 0 Å². The molecule has 34 heavy (non-hydrogen) atoms. The third-order valence-corrected chi connectivity index (χ3v) is 5.45. The van der Waals surface area contributed by atoms with Crippen molar-refractivity contribution < 1.29 is 19.1 Å². The van der Waals surface area contributed by atoms with Gasteiger partial charge in [-0.1, -0.05) is 53.5 Å². The first-order valence-corrected chi connectivity index (χ1v) is 11.4.